The first-order valence-electron chi connectivity index (χ1n) is 7.41. The monoisotopic (exact) mass is 290 g/mol. The molecule has 2 bridgehead atoms. The minimum absolute atomic E-state index is 0.0163. The minimum atomic E-state index is -0.511. The van der Waals surface area contributed by atoms with Crippen LogP contribution in [0, 0.1) is 23.6 Å². The lowest BCUT2D eigenvalue weighted by molar-refractivity contribution is -0.121. The van der Waals surface area contributed by atoms with Crippen molar-refractivity contribution in [3.8, 4) is 0 Å². The van der Waals surface area contributed by atoms with Crippen LogP contribution < -0.4 is 10.6 Å². The molecule has 2 fully saturated rings. The summed E-state index contributed by atoms with van der Waals surface area (Å²) in [4.78, 5) is 23.4. The van der Waals surface area contributed by atoms with Crippen molar-refractivity contribution < 1.29 is 14.0 Å². The number of carbonyl (C=O) groups excluding carboxylic acids is 2. The second-order valence-corrected chi connectivity index (χ2v) is 6.15. The van der Waals surface area contributed by atoms with Gasteiger partial charge >= 0.3 is 0 Å². The smallest absolute Gasteiger partial charge is 0.227 e. The number of fused-ring (bicyclic) bond motifs is 2. The molecule has 1 aromatic carbocycles. The van der Waals surface area contributed by atoms with Crippen molar-refractivity contribution in [2.45, 2.75) is 32.6 Å². The molecule has 1 aromatic rings. The largest absolute Gasteiger partial charge is 0.326 e. The molecule has 3 atom stereocenters. The Morgan fingerprint density at radius 1 is 1.19 bits per heavy atom. The first kappa shape index (κ1) is 14.0. The molecule has 0 heterocycles. The summed E-state index contributed by atoms with van der Waals surface area (Å²) in [5.41, 5.74) is 0.612. The molecule has 2 saturated carbocycles. The van der Waals surface area contributed by atoms with Crippen molar-refractivity contribution in [3.63, 3.8) is 0 Å². The molecule has 0 spiro atoms. The molecule has 2 aliphatic carbocycles. The van der Waals surface area contributed by atoms with Crippen molar-refractivity contribution in [3.05, 3.63) is 24.0 Å². The summed E-state index contributed by atoms with van der Waals surface area (Å²) >= 11 is 0. The normalized spacial score (nSPS) is 26.7. The number of anilines is 2. The molecular formula is C16H19FN2O2. The first-order valence-corrected chi connectivity index (χ1v) is 7.41. The summed E-state index contributed by atoms with van der Waals surface area (Å²) in [6, 6.07) is 4.23. The summed E-state index contributed by atoms with van der Waals surface area (Å²) in [5, 5.41) is 5.27. The van der Waals surface area contributed by atoms with Gasteiger partial charge in [0.15, 0.2) is 0 Å². The highest BCUT2D eigenvalue weighted by atomic mass is 19.1. The van der Waals surface area contributed by atoms with Gasteiger partial charge in [0.2, 0.25) is 11.8 Å². The Bertz CT molecular complexity index is 588. The molecule has 2 N–H and O–H groups in total. The van der Waals surface area contributed by atoms with Crippen LogP contribution in [-0.2, 0) is 9.59 Å². The zero-order chi connectivity index (χ0) is 15.0. The van der Waals surface area contributed by atoms with Crippen LogP contribution in [0.3, 0.4) is 0 Å². The molecule has 2 amide bonds. The fourth-order valence-corrected chi connectivity index (χ4v) is 3.69. The van der Waals surface area contributed by atoms with Crippen molar-refractivity contribution >= 4 is 23.2 Å². The van der Waals surface area contributed by atoms with Crippen LogP contribution in [0.1, 0.15) is 32.6 Å². The fourth-order valence-electron chi connectivity index (χ4n) is 3.69. The first-order chi connectivity index (χ1) is 10.0. The molecule has 5 heteroatoms. The van der Waals surface area contributed by atoms with Crippen LogP contribution in [0.15, 0.2) is 18.2 Å². The van der Waals surface area contributed by atoms with Crippen LogP contribution in [0.5, 0.6) is 0 Å². The number of carbonyl (C=O) groups is 2. The van der Waals surface area contributed by atoms with E-state index < -0.39 is 5.82 Å². The Morgan fingerprint density at radius 2 is 2.00 bits per heavy atom. The van der Waals surface area contributed by atoms with Gasteiger partial charge in [-0.1, -0.05) is 6.42 Å². The number of halogens is 1. The lowest BCUT2D eigenvalue weighted by Gasteiger charge is -2.21. The van der Waals surface area contributed by atoms with Crippen molar-refractivity contribution in [1.29, 1.82) is 0 Å². The van der Waals surface area contributed by atoms with E-state index in [9.17, 15) is 14.0 Å². The second kappa shape index (κ2) is 5.47. The molecule has 0 radical (unpaired) electrons. The molecular weight excluding hydrogens is 271 g/mol. The van der Waals surface area contributed by atoms with Crippen molar-refractivity contribution in [2.24, 2.45) is 17.8 Å². The highest BCUT2D eigenvalue weighted by molar-refractivity contribution is 5.95. The lowest BCUT2D eigenvalue weighted by atomic mass is 9.88. The van der Waals surface area contributed by atoms with Gasteiger partial charge in [-0.05, 0) is 49.3 Å². The average molecular weight is 290 g/mol. The fraction of sp³-hybridized carbons (Fsp3) is 0.500. The molecule has 112 valence electrons. The van der Waals surface area contributed by atoms with Crippen LogP contribution in [0.4, 0.5) is 15.8 Å². The third-order valence-electron chi connectivity index (χ3n) is 4.62. The Kier molecular flexibility index (Phi) is 3.66. The number of rotatable bonds is 3. The molecule has 21 heavy (non-hydrogen) atoms. The van der Waals surface area contributed by atoms with E-state index in [1.54, 1.807) is 0 Å². The maximum absolute atomic E-state index is 13.6. The number of nitrogens with one attached hydrogen (secondary N) is 2. The highest BCUT2D eigenvalue weighted by Gasteiger charge is 2.43. The van der Waals surface area contributed by atoms with E-state index in [4.69, 9.17) is 0 Å². The van der Waals surface area contributed by atoms with E-state index >= 15 is 0 Å². The van der Waals surface area contributed by atoms with Crippen LogP contribution in [-0.4, -0.2) is 11.8 Å². The van der Waals surface area contributed by atoms with E-state index in [1.165, 1.54) is 38.0 Å². The predicted molar refractivity (Wildman–Crippen MR) is 78.3 cm³/mol. The number of amides is 2. The summed E-state index contributed by atoms with van der Waals surface area (Å²) < 4.78 is 13.6. The summed E-state index contributed by atoms with van der Waals surface area (Å²) in [5.74, 6) is 0.452. The van der Waals surface area contributed by atoms with E-state index in [0.29, 0.717) is 17.5 Å². The lowest BCUT2D eigenvalue weighted by Crippen LogP contribution is -2.27. The zero-order valence-electron chi connectivity index (χ0n) is 12.0. The Hall–Kier alpha value is -1.91. The van der Waals surface area contributed by atoms with Gasteiger partial charge in [-0.3, -0.25) is 9.59 Å². The molecule has 3 rings (SSSR count). The van der Waals surface area contributed by atoms with Gasteiger partial charge in [-0.2, -0.15) is 0 Å². The SMILES string of the molecule is CC(=O)Nc1cc(NC(=O)C2CC3CCC2C3)ccc1F. The van der Waals surface area contributed by atoms with E-state index in [2.05, 4.69) is 10.6 Å². The van der Waals surface area contributed by atoms with Gasteiger partial charge in [-0.15, -0.1) is 0 Å². The quantitative estimate of drug-likeness (QED) is 0.898. The molecule has 0 aromatic heterocycles. The molecule has 2 aliphatic rings. The Balaban J connectivity index is 1.70. The summed E-state index contributed by atoms with van der Waals surface area (Å²) in [6.07, 6.45) is 4.52. The third kappa shape index (κ3) is 2.91. The molecule has 0 aliphatic heterocycles. The van der Waals surface area contributed by atoms with Crippen LogP contribution >= 0.6 is 0 Å². The average Bonchev–Trinajstić information content (AvgIpc) is 3.04. The van der Waals surface area contributed by atoms with Gasteiger partial charge < -0.3 is 10.6 Å². The Morgan fingerprint density at radius 3 is 2.62 bits per heavy atom. The summed E-state index contributed by atoms with van der Waals surface area (Å²) in [6.45, 7) is 1.32. The topological polar surface area (TPSA) is 58.2 Å². The van der Waals surface area contributed by atoms with Crippen LogP contribution in [0.2, 0.25) is 0 Å². The van der Waals surface area contributed by atoms with Gasteiger partial charge in [0.1, 0.15) is 5.82 Å². The minimum Gasteiger partial charge on any atom is -0.326 e. The molecule has 4 nitrogen and oxygen atoms in total. The van der Waals surface area contributed by atoms with Gasteiger partial charge in [0.25, 0.3) is 0 Å². The zero-order valence-corrected chi connectivity index (χ0v) is 12.0. The number of benzene rings is 1. The van der Waals surface area contributed by atoms with Crippen LogP contribution in [0.25, 0.3) is 0 Å². The summed E-state index contributed by atoms with van der Waals surface area (Å²) in [7, 11) is 0. The number of hydrogen-bond donors (Lipinski definition) is 2. The van der Waals surface area contributed by atoms with Gasteiger partial charge in [0, 0.05) is 18.5 Å². The highest BCUT2D eigenvalue weighted by Crippen LogP contribution is 2.48. The van der Waals surface area contributed by atoms with E-state index in [-0.39, 0.29) is 23.4 Å². The van der Waals surface area contributed by atoms with Gasteiger partial charge in [-0.25, -0.2) is 4.39 Å². The predicted octanol–water partition coefficient (Wildman–Crippen LogP) is 3.16. The Labute approximate surface area is 123 Å². The third-order valence-corrected chi connectivity index (χ3v) is 4.62. The van der Waals surface area contributed by atoms with Crippen molar-refractivity contribution in [1.82, 2.24) is 0 Å². The van der Waals surface area contributed by atoms with Crippen molar-refractivity contribution in [2.75, 3.05) is 10.6 Å². The van der Waals surface area contributed by atoms with E-state index in [0.717, 1.165) is 12.8 Å². The maximum atomic E-state index is 13.6. The molecule has 3 unspecified atom stereocenters. The van der Waals surface area contributed by atoms with E-state index in [1.807, 2.05) is 0 Å². The standard InChI is InChI=1S/C16H19FN2O2/c1-9(20)18-15-8-12(4-5-14(15)17)19-16(21)13-7-10-2-3-11(13)6-10/h4-5,8,10-11,13H,2-3,6-7H2,1H3,(H,18,20)(H,19,21). The maximum Gasteiger partial charge on any atom is 0.227 e. The molecule has 0 saturated heterocycles. The second-order valence-electron chi connectivity index (χ2n) is 6.15. The number of hydrogen-bond acceptors (Lipinski definition) is 2. The van der Waals surface area contributed by atoms with Gasteiger partial charge in [0.05, 0.1) is 5.69 Å².